The zero-order chi connectivity index (χ0) is 21.5. The van der Waals surface area contributed by atoms with Gasteiger partial charge in [-0.25, -0.2) is 4.79 Å². The number of hydrogen-bond donors (Lipinski definition) is 0. The largest absolute Gasteiger partial charge is 0.497 e. The Morgan fingerprint density at radius 1 is 1.10 bits per heavy atom. The van der Waals surface area contributed by atoms with Gasteiger partial charge in [0.2, 0.25) is 5.89 Å². The number of rotatable bonds is 8. The molecule has 0 N–H and O–H groups in total. The van der Waals surface area contributed by atoms with E-state index in [0.29, 0.717) is 22.6 Å². The first-order valence-corrected chi connectivity index (χ1v) is 8.63. The Morgan fingerprint density at radius 2 is 1.77 bits per heavy atom. The van der Waals surface area contributed by atoms with Crippen LogP contribution in [0.5, 0.6) is 11.5 Å². The summed E-state index contributed by atoms with van der Waals surface area (Å²) in [4.78, 5) is 22.1. The zero-order valence-corrected chi connectivity index (χ0v) is 16.1. The van der Waals surface area contributed by atoms with Gasteiger partial charge in [-0.2, -0.15) is 0 Å². The van der Waals surface area contributed by atoms with Crippen molar-refractivity contribution >= 4 is 17.7 Å². The molecule has 154 valence electrons. The van der Waals surface area contributed by atoms with Crippen molar-refractivity contribution in [3.63, 3.8) is 0 Å². The monoisotopic (exact) mass is 411 g/mol. The van der Waals surface area contributed by atoms with Crippen LogP contribution in [-0.2, 0) is 16.1 Å². The predicted octanol–water partition coefficient (Wildman–Crippen LogP) is 3.42. The Labute approximate surface area is 170 Å². The molecule has 0 radical (unpaired) electrons. The summed E-state index contributed by atoms with van der Waals surface area (Å²) in [5.74, 6) is 0.828. The molecule has 10 nitrogen and oxygen atoms in total. The maximum Gasteiger partial charge on any atom is 0.331 e. The molecular weight excluding hydrogens is 394 g/mol. The van der Waals surface area contributed by atoms with Crippen molar-refractivity contribution in [3.8, 4) is 23.0 Å². The molecule has 0 spiro atoms. The van der Waals surface area contributed by atoms with Gasteiger partial charge in [0, 0.05) is 29.8 Å². The first-order chi connectivity index (χ1) is 14.5. The van der Waals surface area contributed by atoms with Crippen LogP contribution in [0.15, 0.2) is 53.0 Å². The van der Waals surface area contributed by atoms with Gasteiger partial charge in [-0.1, -0.05) is 0 Å². The highest BCUT2D eigenvalue weighted by molar-refractivity contribution is 5.87. The highest BCUT2D eigenvalue weighted by Gasteiger charge is 2.12. The summed E-state index contributed by atoms with van der Waals surface area (Å²) in [7, 11) is 3.07. The number of hydrogen-bond acceptors (Lipinski definition) is 9. The van der Waals surface area contributed by atoms with E-state index in [9.17, 15) is 14.9 Å². The maximum atomic E-state index is 12.0. The molecule has 0 unspecified atom stereocenters. The molecule has 0 saturated heterocycles. The zero-order valence-electron chi connectivity index (χ0n) is 16.1. The molecule has 0 amide bonds. The average Bonchev–Trinajstić information content (AvgIpc) is 3.25. The number of nitrogens with zero attached hydrogens (tertiary/aromatic N) is 3. The van der Waals surface area contributed by atoms with E-state index in [-0.39, 0.29) is 24.1 Å². The summed E-state index contributed by atoms with van der Waals surface area (Å²) in [5, 5.41) is 18.3. The number of benzene rings is 2. The summed E-state index contributed by atoms with van der Waals surface area (Å²) < 4.78 is 20.9. The van der Waals surface area contributed by atoms with Gasteiger partial charge < -0.3 is 18.6 Å². The Bertz CT molecular complexity index is 1050. The SMILES string of the molecule is COc1cc(/C=C/C(=O)OCc2nnc(-c3ccc([N+](=O)[O-])cc3)o2)cc(OC)c1. The number of aromatic nitrogens is 2. The quantitative estimate of drug-likeness (QED) is 0.237. The molecule has 1 heterocycles. The smallest absolute Gasteiger partial charge is 0.331 e. The van der Waals surface area contributed by atoms with Crippen LogP contribution in [0.1, 0.15) is 11.5 Å². The molecule has 0 fully saturated rings. The predicted molar refractivity (Wildman–Crippen MR) is 105 cm³/mol. The Balaban J connectivity index is 1.59. The molecule has 0 atom stereocenters. The lowest BCUT2D eigenvalue weighted by molar-refractivity contribution is -0.384. The van der Waals surface area contributed by atoms with Gasteiger partial charge in [0.05, 0.1) is 19.1 Å². The number of esters is 1. The molecule has 2 aromatic carbocycles. The fourth-order valence-electron chi connectivity index (χ4n) is 2.43. The number of non-ortho nitro benzene ring substituents is 1. The summed E-state index contributed by atoms with van der Waals surface area (Å²) in [5.41, 5.74) is 1.16. The second-order valence-corrected chi connectivity index (χ2v) is 5.89. The van der Waals surface area contributed by atoms with Gasteiger partial charge in [-0.3, -0.25) is 10.1 Å². The third-order valence-corrected chi connectivity index (χ3v) is 3.92. The van der Waals surface area contributed by atoms with Gasteiger partial charge in [0.25, 0.3) is 11.6 Å². The van der Waals surface area contributed by atoms with Crippen LogP contribution in [0.2, 0.25) is 0 Å². The van der Waals surface area contributed by atoms with Crippen LogP contribution >= 0.6 is 0 Å². The van der Waals surface area contributed by atoms with Crippen LogP contribution in [0.25, 0.3) is 17.5 Å². The lowest BCUT2D eigenvalue weighted by atomic mass is 10.2. The number of ether oxygens (including phenoxy) is 3. The van der Waals surface area contributed by atoms with E-state index >= 15 is 0 Å². The molecular formula is C20H17N3O7. The van der Waals surface area contributed by atoms with Crippen LogP contribution in [-0.4, -0.2) is 35.3 Å². The molecule has 0 saturated carbocycles. The van der Waals surface area contributed by atoms with Gasteiger partial charge in [-0.05, 0) is 35.9 Å². The van der Waals surface area contributed by atoms with Crippen molar-refractivity contribution in [1.29, 1.82) is 0 Å². The third kappa shape index (κ3) is 5.19. The molecule has 0 bridgehead atoms. The van der Waals surface area contributed by atoms with E-state index in [1.807, 2.05) is 0 Å². The van der Waals surface area contributed by atoms with E-state index in [1.54, 1.807) is 24.3 Å². The molecule has 3 rings (SSSR count). The van der Waals surface area contributed by atoms with Crippen molar-refractivity contribution in [3.05, 3.63) is 70.1 Å². The van der Waals surface area contributed by atoms with E-state index in [1.165, 1.54) is 44.6 Å². The second kappa shape index (κ2) is 9.32. The minimum Gasteiger partial charge on any atom is -0.497 e. The number of carbonyl (C=O) groups is 1. The van der Waals surface area contributed by atoms with Crippen molar-refractivity contribution in [1.82, 2.24) is 10.2 Å². The van der Waals surface area contributed by atoms with E-state index in [2.05, 4.69) is 10.2 Å². The molecule has 0 aliphatic rings. The molecule has 30 heavy (non-hydrogen) atoms. The average molecular weight is 411 g/mol. The van der Waals surface area contributed by atoms with Gasteiger partial charge in [0.1, 0.15) is 11.5 Å². The highest BCUT2D eigenvalue weighted by Crippen LogP contribution is 2.23. The summed E-state index contributed by atoms with van der Waals surface area (Å²) in [6.45, 7) is -0.218. The Morgan fingerprint density at radius 3 is 2.37 bits per heavy atom. The van der Waals surface area contributed by atoms with Crippen molar-refractivity contribution in [2.75, 3.05) is 14.2 Å². The maximum absolute atomic E-state index is 12.0. The van der Waals surface area contributed by atoms with Crippen molar-refractivity contribution < 1.29 is 28.3 Å². The van der Waals surface area contributed by atoms with E-state index in [4.69, 9.17) is 18.6 Å². The fraction of sp³-hybridized carbons (Fsp3) is 0.150. The lowest BCUT2D eigenvalue weighted by Gasteiger charge is -2.05. The minimum atomic E-state index is -0.605. The first kappa shape index (κ1) is 20.5. The topological polar surface area (TPSA) is 127 Å². The van der Waals surface area contributed by atoms with E-state index < -0.39 is 10.9 Å². The lowest BCUT2D eigenvalue weighted by Crippen LogP contribution is -2.01. The van der Waals surface area contributed by atoms with Crippen molar-refractivity contribution in [2.24, 2.45) is 0 Å². The van der Waals surface area contributed by atoms with Crippen LogP contribution in [0.4, 0.5) is 5.69 Å². The summed E-state index contributed by atoms with van der Waals surface area (Å²) in [6.07, 6.45) is 2.81. The minimum absolute atomic E-state index is 0.0483. The number of nitro benzene ring substituents is 1. The molecule has 1 aromatic heterocycles. The molecule has 3 aromatic rings. The van der Waals surface area contributed by atoms with Gasteiger partial charge >= 0.3 is 5.97 Å². The Hall–Kier alpha value is -4.21. The number of methoxy groups -OCH3 is 2. The third-order valence-electron chi connectivity index (χ3n) is 3.92. The van der Waals surface area contributed by atoms with Gasteiger partial charge in [0.15, 0.2) is 6.61 Å². The van der Waals surface area contributed by atoms with E-state index in [0.717, 1.165) is 0 Å². The number of nitro groups is 1. The standard InChI is InChI=1S/C20H17N3O7/c1-27-16-9-13(10-17(11-16)28-2)3-8-19(24)29-12-18-21-22-20(30-18)14-4-6-15(7-5-14)23(25)26/h3-11H,12H2,1-2H3/b8-3+. The van der Waals surface area contributed by atoms with Crippen molar-refractivity contribution in [2.45, 2.75) is 6.61 Å². The summed E-state index contributed by atoms with van der Waals surface area (Å²) >= 11 is 0. The second-order valence-electron chi connectivity index (χ2n) is 5.89. The first-order valence-electron chi connectivity index (χ1n) is 8.63. The summed E-state index contributed by atoms with van der Waals surface area (Å²) in [6, 6.07) is 10.8. The Kier molecular flexibility index (Phi) is 6.38. The molecule has 0 aliphatic heterocycles. The molecule has 0 aliphatic carbocycles. The van der Waals surface area contributed by atoms with Crippen LogP contribution in [0, 0.1) is 10.1 Å². The van der Waals surface area contributed by atoms with Gasteiger partial charge in [-0.15, -0.1) is 10.2 Å². The molecule has 10 heteroatoms. The van der Waals surface area contributed by atoms with Crippen LogP contribution < -0.4 is 9.47 Å². The number of carbonyl (C=O) groups excluding carboxylic acids is 1. The normalized spacial score (nSPS) is 10.7. The fourth-order valence-corrected chi connectivity index (χ4v) is 2.43. The highest BCUT2D eigenvalue weighted by atomic mass is 16.6. The van der Waals surface area contributed by atoms with Crippen LogP contribution in [0.3, 0.4) is 0 Å².